The minimum absolute atomic E-state index is 0.414. The van der Waals surface area contributed by atoms with Crippen LogP contribution in [0.3, 0.4) is 0 Å². The molecular formula is C15H9Cl2NO2. The molecule has 3 rings (SSSR count). The molecule has 5 heteroatoms. The highest BCUT2D eigenvalue weighted by Crippen LogP contribution is 2.35. The zero-order valence-electron chi connectivity index (χ0n) is 10.2. The lowest BCUT2D eigenvalue weighted by molar-refractivity contribution is 0.112. The molecule has 0 bridgehead atoms. The van der Waals surface area contributed by atoms with Crippen molar-refractivity contribution >= 4 is 40.4 Å². The topological polar surface area (TPSA) is 42.1 Å². The van der Waals surface area contributed by atoms with Crippen molar-refractivity contribution in [1.29, 1.82) is 0 Å². The summed E-state index contributed by atoms with van der Waals surface area (Å²) >= 11 is 12.0. The summed E-state index contributed by atoms with van der Waals surface area (Å²) in [7, 11) is 0. The third-order valence-corrected chi connectivity index (χ3v) is 3.50. The molecule has 0 unspecified atom stereocenters. The maximum atomic E-state index is 11.0. The fourth-order valence-electron chi connectivity index (χ4n) is 2.00. The average molecular weight is 306 g/mol. The van der Waals surface area contributed by atoms with E-state index in [1.807, 2.05) is 6.07 Å². The Hall–Kier alpha value is -1.97. The van der Waals surface area contributed by atoms with E-state index in [1.165, 1.54) is 0 Å². The van der Waals surface area contributed by atoms with Gasteiger partial charge in [-0.05, 0) is 30.3 Å². The highest BCUT2D eigenvalue weighted by atomic mass is 35.5. The summed E-state index contributed by atoms with van der Waals surface area (Å²) < 4.78 is 5.81. The van der Waals surface area contributed by atoms with E-state index in [0.717, 1.165) is 17.2 Å². The quantitative estimate of drug-likeness (QED) is 0.686. The van der Waals surface area contributed by atoms with Crippen molar-refractivity contribution in [1.82, 2.24) is 4.98 Å². The van der Waals surface area contributed by atoms with E-state index < -0.39 is 0 Å². The largest absolute Gasteiger partial charge is 0.456 e. The van der Waals surface area contributed by atoms with Crippen LogP contribution in [-0.4, -0.2) is 11.3 Å². The number of carbonyl (C=O) groups excluding carboxylic acids is 1. The molecule has 0 aliphatic heterocycles. The predicted octanol–water partition coefficient (Wildman–Crippen LogP) is 5.08. The number of aldehydes is 1. The van der Waals surface area contributed by atoms with Gasteiger partial charge in [-0.2, -0.15) is 0 Å². The first-order chi connectivity index (χ1) is 9.69. The zero-order valence-corrected chi connectivity index (χ0v) is 11.7. The van der Waals surface area contributed by atoms with Gasteiger partial charge in [-0.1, -0.05) is 23.2 Å². The highest BCUT2D eigenvalue weighted by Gasteiger charge is 2.10. The van der Waals surface area contributed by atoms with Crippen molar-refractivity contribution in [3.63, 3.8) is 0 Å². The number of fused-ring (bicyclic) bond motifs is 1. The van der Waals surface area contributed by atoms with E-state index in [1.54, 1.807) is 36.5 Å². The summed E-state index contributed by atoms with van der Waals surface area (Å²) in [5.74, 6) is 1.02. The average Bonchev–Trinajstić information content (AvgIpc) is 2.93. The van der Waals surface area contributed by atoms with E-state index >= 15 is 0 Å². The minimum atomic E-state index is 0.414. The van der Waals surface area contributed by atoms with Gasteiger partial charge in [0, 0.05) is 22.7 Å². The Balaban J connectivity index is 2.10. The van der Waals surface area contributed by atoms with Gasteiger partial charge >= 0.3 is 0 Å². The maximum Gasteiger partial charge on any atom is 0.153 e. The molecule has 3 aromatic rings. The monoisotopic (exact) mass is 305 g/mol. The van der Waals surface area contributed by atoms with Gasteiger partial charge in [0.1, 0.15) is 11.5 Å². The molecule has 0 spiro atoms. The smallest absolute Gasteiger partial charge is 0.153 e. The van der Waals surface area contributed by atoms with E-state index in [0.29, 0.717) is 27.1 Å². The van der Waals surface area contributed by atoms with Crippen molar-refractivity contribution in [2.24, 2.45) is 0 Å². The summed E-state index contributed by atoms with van der Waals surface area (Å²) in [6, 6.07) is 10.2. The Kier molecular flexibility index (Phi) is 3.38. The van der Waals surface area contributed by atoms with E-state index in [-0.39, 0.29) is 0 Å². The number of hydrogen-bond donors (Lipinski definition) is 1. The molecule has 0 aliphatic rings. The van der Waals surface area contributed by atoms with Gasteiger partial charge in [-0.15, -0.1) is 0 Å². The number of H-pyrrole nitrogens is 1. The van der Waals surface area contributed by atoms with Crippen molar-refractivity contribution in [3.8, 4) is 11.5 Å². The number of hydrogen-bond acceptors (Lipinski definition) is 2. The number of rotatable bonds is 3. The SMILES string of the molecule is O=Cc1ccc(Cl)cc1Oc1ccc(Cl)c2[nH]ccc12. The van der Waals surface area contributed by atoms with Crippen LogP contribution in [0.1, 0.15) is 10.4 Å². The molecule has 0 aliphatic carbocycles. The van der Waals surface area contributed by atoms with Crippen LogP contribution in [0.2, 0.25) is 10.0 Å². The van der Waals surface area contributed by atoms with Crippen LogP contribution < -0.4 is 4.74 Å². The molecule has 1 heterocycles. The van der Waals surface area contributed by atoms with E-state index in [9.17, 15) is 4.79 Å². The van der Waals surface area contributed by atoms with Crippen LogP contribution in [0.25, 0.3) is 10.9 Å². The van der Waals surface area contributed by atoms with Gasteiger partial charge in [0.05, 0.1) is 16.1 Å². The van der Waals surface area contributed by atoms with Crippen molar-refractivity contribution < 1.29 is 9.53 Å². The molecule has 0 fully saturated rings. The Labute approximate surface area is 125 Å². The van der Waals surface area contributed by atoms with Gasteiger partial charge in [0.25, 0.3) is 0 Å². The Morgan fingerprint density at radius 2 is 1.90 bits per heavy atom. The number of aromatic nitrogens is 1. The highest BCUT2D eigenvalue weighted by molar-refractivity contribution is 6.35. The second-order valence-electron chi connectivity index (χ2n) is 4.21. The van der Waals surface area contributed by atoms with Crippen LogP contribution in [0, 0.1) is 0 Å². The number of nitrogens with one attached hydrogen (secondary N) is 1. The molecule has 0 saturated carbocycles. The van der Waals surface area contributed by atoms with E-state index in [4.69, 9.17) is 27.9 Å². The molecule has 0 saturated heterocycles. The number of carbonyl (C=O) groups is 1. The lowest BCUT2D eigenvalue weighted by Gasteiger charge is -2.10. The molecule has 2 aromatic carbocycles. The second kappa shape index (κ2) is 5.19. The van der Waals surface area contributed by atoms with E-state index in [2.05, 4.69) is 4.98 Å². The summed E-state index contributed by atoms with van der Waals surface area (Å²) in [5, 5.41) is 1.96. The number of benzene rings is 2. The third-order valence-electron chi connectivity index (χ3n) is 2.95. The lowest BCUT2D eigenvalue weighted by Crippen LogP contribution is -1.91. The number of aromatic amines is 1. The van der Waals surface area contributed by atoms with Crippen LogP contribution in [0.4, 0.5) is 0 Å². The Bertz CT molecular complexity index is 796. The first-order valence-corrected chi connectivity index (χ1v) is 6.63. The van der Waals surface area contributed by atoms with Gasteiger partial charge < -0.3 is 9.72 Å². The third kappa shape index (κ3) is 2.26. The normalized spacial score (nSPS) is 10.7. The van der Waals surface area contributed by atoms with Crippen LogP contribution in [0.15, 0.2) is 42.6 Å². The van der Waals surface area contributed by atoms with Crippen molar-refractivity contribution in [3.05, 3.63) is 58.2 Å². The number of ether oxygens (including phenoxy) is 1. The predicted molar refractivity (Wildman–Crippen MR) is 80.2 cm³/mol. The molecule has 100 valence electrons. The molecule has 0 amide bonds. The standard InChI is InChI=1S/C15H9Cl2NO2/c16-10-2-1-9(8-19)14(7-10)20-13-4-3-12(17)15-11(13)5-6-18-15/h1-8,18H. The van der Waals surface area contributed by atoms with Crippen molar-refractivity contribution in [2.45, 2.75) is 0 Å². The van der Waals surface area contributed by atoms with Crippen LogP contribution >= 0.6 is 23.2 Å². The van der Waals surface area contributed by atoms with Crippen molar-refractivity contribution in [2.75, 3.05) is 0 Å². The first kappa shape index (κ1) is 13.0. The fourth-order valence-corrected chi connectivity index (χ4v) is 2.38. The molecule has 1 N–H and O–H groups in total. The van der Waals surface area contributed by atoms with Gasteiger partial charge in [0.15, 0.2) is 6.29 Å². The summed E-state index contributed by atoms with van der Waals surface area (Å²) in [6.07, 6.45) is 2.51. The maximum absolute atomic E-state index is 11.0. The summed E-state index contributed by atoms with van der Waals surface area (Å²) in [4.78, 5) is 14.1. The lowest BCUT2D eigenvalue weighted by atomic mass is 10.2. The first-order valence-electron chi connectivity index (χ1n) is 5.87. The molecule has 20 heavy (non-hydrogen) atoms. The Morgan fingerprint density at radius 3 is 2.70 bits per heavy atom. The molecular weight excluding hydrogens is 297 g/mol. The minimum Gasteiger partial charge on any atom is -0.456 e. The Morgan fingerprint density at radius 1 is 1.05 bits per heavy atom. The van der Waals surface area contributed by atoms with Gasteiger partial charge in [-0.25, -0.2) is 0 Å². The summed E-state index contributed by atoms with van der Waals surface area (Å²) in [5.41, 5.74) is 1.23. The van der Waals surface area contributed by atoms with Crippen LogP contribution in [0.5, 0.6) is 11.5 Å². The zero-order chi connectivity index (χ0) is 14.1. The fraction of sp³-hybridized carbons (Fsp3) is 0. The van der Waals surface area contributed by atoms with Crippen LogP contribution in [-0.2, 0) is 0 Å². The van der Waals surface area contributed by atoms with Gasteiger partial charge in [0.2, 0.25) is 0 Å². The second-order valence-corrected chi connectivity index (χ2v) is 5.06. The summed E-state index contributed by atoms with van der Waals surface area (Å²) in [6.45, 7) is 0. The molecule has 0 atom stereocenters. The molecule has 0 radical (unpaired) electrons. The number of halogens is 2. The molecule has 3 nitrogen and oxygen atoms in total. The van der Waals surface area contributed by atoms with Gasteiger partial charge in [-0.3, -0.25) is 4.79 Å². The molecule has 1 aromatic heterocycles.